The minimum absolute atomic E-state index is 0.0826. The molecule has 0 aliphatic carbocycles. The zero-order valence-corrected chi connectivity index (χ0v) is 13.5. The van der Waals surface area contributed by atoms with Crippen LogP contribution in [0.5, 0.6) is 0 Å². The molecular formula is C17H23ClN2O. The van der Waals surface area contributed by atoms with Crippen LogP contribution in [0.1, 0.15) is 19.4 Å². The fourth-order valence-corrected chi connectivity index (χ4v) is 2.75. The van der Waals surface area contributed by atoms with Gasteiger partial charge in [0.05, 0.1) is 0 Å². The molecule has 3 nitrogen and oxygen atoms in total. The van der Waals surface area contributed by atoms with Crippen LogP contribution in [-0.2, 0) is 4.79 Å². The third-order valence-corrected chi connectivity index (χ3v) is 3.81. The summed E-state index contributed by atoms with van der Waals surface area (Å²) in [5.41, 5.74) is 0.953. The fraction of sp³-hybridized carbons (Fsp3) is 0.471. The summed E-state index contributed by atoms with van der Waals surface area (Å²) in [6, 6.07) is 7.51. The Kier molecular flexibility index (Phi) is 5.83. The summed E-state index contributed by atoms with van der Waals surface area (Å²) in [7, 11) is 0. The van der Waals surface area contributed by atoms with Crippen molar-refractivity contribution in [3.05, 3.63) is 40.9 Å². The van der Waals surface area contributed by atoms with E-state index in [-0.39, 0.29) is 5.91 Å². The van der Waals surface area contributed by atoms with Gasteiger partial charge in [-0.1, -0.05) is 37.6 Å². The molecule has 0 spiro atoms. The molecule has 1 amide bonds. The first-order chi connectivity index (χ1) is 10.0. The number of halogens is 1. The monoisotopic (exact) mass is 306 g/mol. The highest BCUT2D eigenvalue weighted by Crippen LogP contribution is 2.12. The first-order valence-corrected chi connectivity index (χ1v) is 7.87. The normalized spacial score (nSPS) is 16.9. The molecule has 1 aliphatic heterocycles. The zero-order valence-electron chi connectivity index (χ0n) is 12.8. The molecular weight excluding hydrogens is 284 g/mol. The van der Waals surface area contributed by atoms with E-state index in [0.717, 1.165) is 38.3 Å². The van der Waals surface area contributed by atoms with Crippen LogP contribution in [0, 0.1) is 5.92 Å². The quantitative estimate of drug-likeness (QED) is 0.798. The maximum absolute atomic E-state index is 12.2. The molecule has 0 radical (unpaired) electrons. The molecule has 1 saturated heterocycles. The molecule has 1 fully saturated rings. The highest BCUT2D eigenvalue weighted by Gasteiger charge is 2.19. The maximum Gasteiger partial charge on any atom is 0.246 e. The SMILES string of the molecule is CC(C)CN1CCN(C(=O)/C=C/c2cccc(Cl)c2)CC1. The van der Waals surface area contributed by atoms with E-state index < -0.39 is 0 Å². The van der Waals surface area contributed by atoms with Crippen LogP contribution in [0.15, 0.2) is 30.3 Å². The number of amides is 1. The summed E-state index contributed by atoms with van der Waals surface area (Å²) in [5, 5.41) is 0.687. The second kappa shape index (κ2) is 7.62. The second-order valence-corrected chi connectivity index (χ2v) is 6.34. The summed E-state index contributed by atoms with van der Waals surface area (Å²) < 4.78 is 0. The van der Waals surface area contributed by atoms with Crippen molar-refractivity contribution in [2.24, 2.45) is 5.92 Å². The van der Waals surface area contributed by atoms with Crippen LogP contribution >= 0.6 is 11.6 Å². The molecule has 0 saturated carbocycles. The van der Waals surface area contributed by atoms with E-state index in [1.807, 2.05) is 35.2 Å². The van der Waals surface area contributed by atoms with Gasteiger partial charge in [0.15, 0.2) is 0 Å². The Morgan fingerprint density at radius 3 is 2.62 bits per heavy atom. The molecule has 0 N–H and O–H groups in total. The number of piperazine rings is 1. The van der Waals surface area contributed by atoms with Gasteiger partial charge in [0.25, 0.3) is 0 Å². The predicted octanol–water partition coefficient (Wildman–Crippen LogP) is 3.15. The molecule has 1 aliphatic rings. The van der Waals surface area contributed by atoms with Crippen molar-refractivity contribution >= 4 is 23.6 Å². The van der Waals surface area contributed by atoms with E-state index in [1.165, 1.54) is 0 Å². The maximum atomic E-state index is 12.2. The first kappa shape index (κ1) is 16.1. The summed E-state index contributed by atoms with van der Waals surface area (Å²) in [5.74, 6) is 0.758. The molecule has 1 aromatic rings. The molecule has 1 aromatic carbocycles. The highest BCUT2D eigenvalue weighted by molar-refractivity contribution is 6.30. The summed E-state index contributed by atoms with van der Waals surface area (Å²) in [6.45, 7) is 9.12. The number of hydrogen-bond acceptors (Lipinski definition) is 2. The van der Waals surface area contributed by atoms with Crippen molar-refractivity contribution in [1.82, 2.24) is 9.80 Å². The first-order valence-electron chi connectivity index (χ1n) is 7.49. The van der Waals surface area contributed by atoms with E-state index in [2.05, 4.69) is 18.7 Å². The van der Waals surface area contributed by atoms with Gasteiger partial charge in [0.2, 0.25) is 5.91 Å². The minimum Gasteiger partial charge on any atom is -0.337 e. The van der Waals surface area contributed by atoms with E-state index in [4.69, 9.17) is 11.6 Å². The largest absolute Gasteiger partial charge is 0.337 e. The molecule has 0 unspecified atom stereocenters. The predicted molar refractivity (Wildman–Crippen MR) is 88.3 cm³/mol. The minimum atomic E-state index is 0.0826. The van der Waals surface area contributed by atoms with Gasteiger partial charge in [-0.05, 0) is 29.7 Å². The van der Waals surface area contributed by atoms with Crippen LogP contribution in [-0.4, -0.2) is 48.4 Å². The van der Waals surface area contributed by atoms with Crippen molar-refractivity contribution in [2.75, 3.05) is 32.7 Å². The Morgan fingerprint density at radius 1 is 1.29 bits per heavy atom. The summed E-state index contributed by atoms with van der Waals surface area (Å²) in [4.78, 5) is 16.5. The Hall–Kier alpha value is -1.32. The van der Waals surface area contributed by atoms with E-state index in [1.54, 1.807) is 6.08 Å². The average Bonchev–Trinajstić information content (AvgIpc) is 2.45. The Bertz CT molecular complexity index is 505. The lowest BCUT2D eigenvalue weighted by atomic mass is 10.2. The third kappa shape index (κ3) is 5.18. The molecule has 0 aromatic heterocycles. The van der Waals surface area contributed by atoms with Crippen LogP contribution in [0.2, 0.25) is 5.02 Å². The third-order valence-electron chi connectivity index (χ3n) is 3.57. The van der Waals surface area contributed by atoms with Gasteiger partial charge in [-0.15, -0.1) is 0 Å². The Labute approximate surface area is 132 Å². The van der Waals surface area contributed by atoms with Gasteiger partial charge in [0, 0.05) is 43.8 Å². The molecule has 1 heterocycles. The summed E-state index contributed by atoms with van der Waals surface area (Å²) >= 11 is 5.93. The van der Waals surface area contributed by atoms with E-state index in [9.17, 15) is 4.79 Å². The topological polar surface area (TPSA) is 23.6 Å². The number of nitrogens with zero attached hydrogens (tertiary/aromatic N) is 2. The standard InChI is InChI=1S/C17H23ClN2O/c1-14(2)13-19-8-10-20(11-9-19)17(21)7-6-15-4-3-5-16(18)12-15/h3-7,12,14H,8-11,13H2,1-2H3/b7-6+. The van der Waals surface area contributed by atoms with Crippen molar-refractivity contribution in [2.45, 2.75) is 13.8 Å². The number of benzene rings is 1. The van der Waals surface area contributed by atoms with Gasteiger partial charge in [0.1, 0.15) is 0 Å². The van der Waals surface area contributed by atoms with E-state index >= 15 is 0 Å². The molecule has 0 bridgehead atoms. The van der Waals surface area contributed by atoms with Gasteiger partial charge < -0.3 is 4.90 Å². The van der Waals surface area contributed by atoms with Crippen LogP contribution in [0.25, 0.3) is 6.08 Å². The second-order valence-electron chi connectivity index (χ2n) is 5.91. The van der Waals surface area contributed by atoms with Gasteiger partial charge in [-0.2, -0.15) is 0 Å². The number of carbonyl (C=O) groups excluding carboxylic acids is 1. The number of hydrogen-bond donors (Lipinski definition) is 0. The number of carbonyl (C=O) groups is 1. The molecule has 2 rings (SSSR count). The fourth-order valence-electron chi connectivity index (χ4n) is 2.55. The average molecular weight is 307 g/mol. The molecule has 21 heavy (non-hydrogen) atoms. The van der Waals surface area contributed by atoms with Gasteiger partial charge in [-0.25, -0.2) is 0 Å². The lowest BCUT2D eigenvalue weighted by Gasteiger charge is -2.35. The Morgan fingerprint density at radius 2 is 2.00 bits per heavy atom. The van der Waals surface area contributed by atoms with E-state index in [0.29, 0.717) is 10.9 Å². The lowest BCUT2D eigenvalue weighted by molar-refractivity contribution is -0.127. The highest BCUT2D eigenvalue weighted by atomic mass is 35.5. The Balaban J connectivity index is 1.85. The lowest BCUT2D eigenvalue weighted by Crippen LogP contribution is -2.49. The van der Waals surface area contributed by atoms with Crippen molar-refractivity contribution in [3.63, 3.8) is 0 Å². The van der Waals surface area contributed by atoms with Crippen LogP contribution in [0.3, 0.4) is 0 Å². The van der Waals surface area contributed by atoms with Gasteiger partial charge in [-0.3, -0.25) is 9.69 Å². The van der Waals surface area contributed by atoms with Crippen LogP contribution in [0.4, 0.5) is 0 Å². The zero-order chi connectivity index (χ0) is 15.2. The van der Waals surface area contributed by atoms with Gasteiger partial charge >= 0.3 is 0 Å². The number of rotatable bonds is 4. The smallest absolute Gasteiger partial charge is 0.246 e. The van der Waals surface area contributed by atoms with Crippen molar-refractivity contribution in [1.29, 1.82) is 0 Å². The molecule has 114 valence electrons. The van der Waals surface area contributed by atoms with Crippen molar-refractivity contribution < 1.29 is 4.79 Å². The van der Waals surface area contributed by atoms with Crippen LogP contribution < -0.4 is 0 Å². The molecule has 0 atom stereocenters. The van der Waals surface area contributed by atoms with Crippen molar-refractivity contribution in [3.8, 4) is 0 Å². The molecule has 4 heteroatoms. The summed E-state index contributed by atoms with van der Waals surface area (Å²) in [6.07, 6.45) is 3.47.